The summed E-state index contributed by atoms with van der Waals surface area (Å²) >= 11 is 0. The Morgan fingerprint density at radius 2 is 2.11 bits per heavy atom. The van der Waals surface area contributed by atoms with Crippen LogP contribution < -0.4 is 20.9 Å². The lowest BCUT2D eigenvalue weighted by molar-refractivity contribution is -0.128. The van der Waals surface area contributed by atoms with Crippen LogP contribution in [0.3, 0.4) is 0 Å². The van der Waals surface area contributed by atoms with E-state index in [4.69, 9.17) is 4.74 Å². The number of carbonyl (C=O) groups excluding carboxylic acids is 1. The van der Waals surface area contributed by atoms with Crippen LogP contribution in [0.15, 0.2) is 48.9 Å². The lowest BCUT2D eigenvalue weighted by atomic mass is 9.74. The fourth-order valence-corrected chi connectivity index (χ4v) is 6.43. The molecule has 1 aromatic carbocycles. The van der Waals surface area contributed by atoms with Crippen molar-refractivity contribution in [3.05, 3.63) is 65.9 Å². The first-order valence-corrected chi connectivity index (χ1v) is 13.4. The number of aromatic nitrogens is 2. The zero-order valence-electron chi connectivity index (χ0n) is 21.4. The molecule has 2 saturated heterocycles. The molecule has 3 aromatic rings. The highest BCUT2D eigenvalue weighted by Gasteiger charge is 2.43. The number of methoxy groups -OCH3 is 1. The Morgan fingerprint density at radius 3 is 2.97 bits per heavy atom. The van der Waals surface area contributed by atoms with Gasteiger partial charge in [0.15, 0.2) is 0 Å². The number of imidazole rings is 1. The minimum atomic E-state index is -1.13. The lowest BCUT2D eigenvalue weighted by Gasteiger charge is -2.37. The Labute approximate surface area is 220 Å². The number of likely N-dealkylation sites (tertiary alicyclic amines) is 1. The number of hydrogen-bond acceptors (Lipinski definition) is 6. The van der Waals surface area contributed by atoms with E-state index in [1.165, 1.54) is 13.2 Å². The maximum Gasteiger partial charge on any atom is 0.223 e. The van der Waals surface area contributed by atoms with E-state index in [-0.39, 0.29) is 35.6 Å². The number of benzene rings is 1. The number of hydrazine groups is 1. The summed E-state index contributed by atoms with van der Waals surface area (Å²) in [4.78, 5) is 19.7. The molecule has 3 fully saturated rings. The second-order valence-corrected chi connectivity index (χ2v) is 10.8. The minimum Gasteiger partial charge on any atom is -0.496 e. The highest BCUT2D eigenvalue weighted by atomic mass is 19.1. The van der Waals surface area contributed by atoms with Gasteiger partial charge in [0.25, 0.3) is 0 Å². The molecule has 1 amide bonds. The van der Waals surface area contributed by atoms with Gasteiger partial charge in [-0.1, -0.05) is 12.1 Å². The number of amides is 1. The summed E-state index contributed by atoms with van der Waals surface area (Å²) in [6.07, 6.45) is 7.32. The monoisotopic (exact) mass is 524 g/mol. The normalized spacial score (nSPS) is 29.8. The average Bonchev–Trinajstić information content (AvgIpc) is 3.57. The molecule has 2 aromatic heterocycles. The van der Waals surface area contributed by atoms with E-state index in [9.17, 15) is 13.6 Å². The van der Waals surface area contributed by atoms with Crippen molar-refractivity contribution >= 4 is 11.6 Å². The Bertz CT molecular complexity index is 1300. The number of alkyl halides is 1. The van der Waals surface area contributed by atoms with Crippen LogP contribution in [0.5, 0.6) is 5.75 Å². The van der Waals surface area contributed by atoms with Gasteiger partial charge in [-0.25, -0.2) is 19.2 Å². The number of nitrogens with one attached hydrogen (secondary N) is 3. The van der Waals surface area contributed by atoms with Crippen LogP contribution in [0.25, 0.3) is 5.65 Å². The topological polar surface area (TPSA) is 82.9 Å². The fraction of sp³-hybridized carbons (Fsp3) is 0.500. The molecule has 1 saturated carbocycles. The summed E-state index contributed by atoms with van der Waals surface area (Å²) in [5.41, 5.74) is 9.36. The van der Waals surface area contributed by atoms with Crippen molar-refractivity contribution < 1.29 is 18.3 Å². The second kappa shape index (κ2) is 10.6. The lowest BCUT2D eigenvalue weighted by Crippen LogP contribution is -2.55. The molecule has 38 heavy (non-hydrogen) atoms. The molecule has 6 unspecified atom stereocenters. The maximum absolute atomic E-state index is 14.9. The zero-order chi connectivity index (χ0) is 26.2. The molecule has 8 nitrogen and oxygen atoms in total. The first-order valence-electron chi connectivity index (χ1n) is 13.4. The highest BCUT2D eigenvalue weighted by Crippen LogP contribution is 2.40. The number of nitrogens with zero attached hydrogens (tertiary/aromatic N) is 3. The molecule has 0 spiro atoms. The van der Waals surface area contributed by atoms with Gasteiger partial charge in [-0.3, -0.25) is 15.1 Å². The summed E-state index contributed by atoms with van der Waals surface area (Å²) in [5, 5.41) is 3.02. The molecule has 0 bridgehead atoms. The van der Waals surface area contributed by atoms with Crippen molar-refractivity contribution in [2.24, 2.45) is 11.8 Å². The van der Waals surface area contributed by atoms with E-state index in [0.29, 0.717) is 37.4 Å². The van der Waals surface area contributed by atoms with Crippen LogP contribution in [0, 0.1) is 17.7 Å². The van der Waals surface area contributed by atoms with Gasteiger partial charge in [-0.15, -0.1) is 0 Å². The van der Waals surface area contributed by atoms with Crippen LogP contribution in [0.4, 0.5) is 8.78 Å². The molecule has 6 atom stereocenters. The van der Waals surface area contributed by atoms with Crippen molar-refractivity contribution in [1.82, 2.24) is 30.5 Å². The van der Waals surface area contributed by atoms with Gasteiger partial charge in [0.1, 0.15) is 23.4 Å². The summed E-state index contributed by atoms with van der Waals surface area (Å²) in [7, 11) is 1.51. The Balaban J connectivity index is 1.10. The summed E-state index contributed by atoms with van der Waals surface area (Å²) in [5.74, 6) is 0.122. The van der Waals surface area contributed by atoms with Gasteiger partial charge in [0.05, 0.1) is 19.2 Å². The third-order valence-electron chi connectivity index (χ3n) is 8.51. The first kappa shape index (κ1) is 25.2. The van der Waals surface area contributed by atoms with Crippen LogP contribution >= 0.6 is 0 Å². The molecule has 0 radical (unpaired) electrons. The number of rotatable bonds is 6. The molecule has 3 N–H and O–H groups in total. The van der Waals surface area contributed by atoms with Crippen LogP contribution in [0.2, 0.25) is 0 Å². The van der Waals surface area contributed by atoms with Gasteiger partial charge >= 0.3 is 0 Å². The largest absolute Gasteiger partial charge is 0.496 e. The van der Waals surface area contributed by atoms with E-state index < -0.39 is 12.2 Å². The average molecular weight is 525 g/mol. The van der Waals surface area contributed by atoms with Gasteiger partial charge < -0.3 is 14.5 Å². The molecule has 3 aliphatic rings. The zero-order valence-corrected chi connectivity index (χ0v) is 21.4. The maximum atomic E-state index is 14.9. The van der Waals surface area contributed by atoms with Gasteiger partial charge in [0, 0.05) is 55.7 Å². The molecule has 4 heterocycles. The molecule has 2 aliphatic heterocycles. The Hall–Kier alpha value is -3.08. The van der Waals surface area contributed by atoms with E-state index >= 15 is 0 Å². The highest BCUT2D eigenvalue weighted by molar-refractivity contribution is 5.79. The predicted molar refractivity (Wildman–Crippen MR) is 138 cm³/mol. The molecule has 202 valence electrons. The smallest absolute Gasteiger partial charge is 0.223 e. The number of piperidine rings is 1. The number of halogens is 2. The fourth-order valence-electron chi connectivity index (χ4n) is 6.43. The van der Waals surface area contributed by atoms with Crippen molar-refractivity contribution in [1.29, 1.82) is 0 Å². The number of hydrogen-bond donors (Lipinski definition) is 3. The summed E-state index contributed by atoms with van der Waals surface area (Å²) in [6.45, 7) is 1.14. The van der Waals surface area contributed by atoms with E-state index in [0.717, 1.165) is 30.5 Å². The number of ether oxygens (including phenoxy) is 1. The van der Waals surface area contributed by atoms with Crippen LogP contribution in [-0.2, 0) is 11.3 Å². The van der Waals surface area contributed by atoms with Gasteiger partial charge in [-0.2, -0.15) is 0 Å². The third-order valence-corrected chi connectivity index (χ3v) is 8.51. The predicted octanol–water partition coefficient (Wildman–Crippen LogP) is 3.14. The molecular formula is C28H34F2N6O2. The van der Waals surface area contributed by atoms with Gasteiger partial charge in [-0.05, 0) is 55.4 Å². The summed E-state index contributed by atoms with van der Waals surface area (Å²) < 4.78 is 36.8. The Kier molecular flexibility index (Phi) is 7.03. The van der Waals surface area contributed by atoms with Crippen molar-refractivity contribution in [3.8, 4) is 5.75 Å². The quantitative estimate of drug-likeness (QED) is 0.460. The molecular weight excluding hydrogens is 490 g/mol. The number of fused-ring (bicyclic) bond motifs is 2. The molecule has 6 rings (SSSR count). The van der Waals surface area contributed by atoms with Crippen molar-refractivity contribution in [2.45, 2.75) is 56.5 Å². The van der Waals surface area contributed by atoms with Gasteiger partial charge in [0.2, 0.25) is 5.91 Å². The van der Waals surface area contributed by atoms with Crippen molar-refractivity contribution in [3.63, 3.8) is 0 Å². The van der Waals surface area contributed by atoms with E-state index in [2.05, 4.69) is 33.4 Å². The SMILES string of the molecule is COc1cccc(F)c1CN1CCC(F)C(NC(=O)C2CCC3NNC(c4ccc5nccn5c4)C3C2)C1. The van der Waals surface area contributed by atoms with Crippen molar-refractivity contribution in [2.75, 3.05) is 20.2 Å². The van der Waals surface area contributed by atoms with E-state index in [1.54, 1.807) is 18.3 Å². The van der Waals surface area contributed by atoms with Crippen LogP contribution in [-0.4, -0.2) is 58.6 Å². The molecule has 1 aliphatic carbocycles. The molecule has 10 heteroatoms. The minimum absolute atomic E-state index is 0.0808. The number of pyridine rings is 1. The van der Waals surface area contributed by atoms with Crippen LogP contribution in [0.1, 0.15) is 42.9 Å². The first-order chi connectivity index (χ1) is 18.5. The summed E-state index contributed by atoms with van der Waals surface area (Å²) in [6, 6.07) is 8.58. The third kappa shape index (κ3) is 4.88. The number of carbonyl (C=O) groups is 1. The van der Waals surface area contributed by atoms with E-state index in [1.807, 2.05) is 21.6 Å². The standard InChI is InChI=1S/C28H34F2N6O2/c1-38-25-4-2-3-21(29)20(25)15-35-11-9-22(30)24(16-35)32-28(37)17-5-7-23-19(13-17)27(34-33-23)18-6-8-26-31-10-12-36(26)14-18/h2-4,6,8,10,12,14,17,19,22-24,27,33-34H,5,7,9,11,13,15-16H2,1H3,(H,32,37). The second-order valence-electron chi connectivity index (χ2n) is 10.8. The Morgan fingerprint density at radius 1 is 1.21 bits per heavy atom.